The van der Waals surface area contributed by atoms with Gasteiger partial charge in [-0.05, 0) is 61.1 Å². The molecule has 2 aromatic rings. The van der Waals surface area contributed by atoms with Crippen molar-refractivity contribution < 1.29 is 18.7 Å². The summed E-state index contributed by atoms with van der Waals surface area (Å²) in [4.78, 5) is 26.7. The molecule has 160 valence electrons. The number of methoxy groups -OCH3 is 1. The van der Waals surface area contributed by atoms with Gasteiger partial charge in [0.1, 0.15) is 11.6 Å². The number of ether oxygens (including phenoxy) is 1. The van der Waals surface area contributed by atoms with E-state index in [2.05, 4.69) is 5.32 Å². The Kier molecular flexibility index (Phi) is 7.69. The van der Waals surface area contributed by atoms with Crippen molar-refractivity contribution >= 4 is 23.4 Å². The lowest BCUT2D eigenvalue weighted by atomic mass is 9.92. The molecule has 7 heteroatoms. The normalized spacial score (nSPS) is 16.2. The number of nitrogens with one attached hydrogen (secondary N) is 1. The Morgan fingerprint density at radius 3 is 2.87 bits per heavy atom. The molecule has 0 aromatic heterocycles. The van der Waals surface area contributed by atoms with Crippen molar-refractivity contribution in [2.45, 2.75) is 32.2 Å². The van der Waals surface area contributed by atoms with Gasteiger partial charge in [0, 0.05) is 31.6 Å². The van der Waals surface area contributed by atoms with E-state index in [1.807, 2.05) is 24.3 Å². The molecule has 1 heterocycles. The number of halogens is 2. The largest absolute Gasteiger partial charge is 0.497 e. The predicted octanol–water partition coefficient (Wildman–Crippen LogP) is 4.44. The first-order valence-electron chi connectivity index (χ1n) is 10.1. The molecule has 5 nitrogen and oxygen atoms in total. The molecule has 0 spiro atoms. The number of amides is 2. The Morgan fingerprint density at radius 1 is 1.27 bits per heavy atom. The highest BCUT2D eigenvalue weighted by Gasteiger charge is 2.25. The van der Waals surface area contributed by atoms with Crippen molar-refractivity contribution in [3.05, 3.63) is 64.4 Å². The van der Waals surface area contributed by atoms with Crippen LogP contribution in [0.4, 0.5) is 4.39 Å². The van der Waals surface area contributed by atoms with Crippen LogP contribution in [0.1, 0.15) is 41.6 Å². The molecule has 0 radical (unpaired) electrons. The van der Waals surface area contributed by atoms with Gasteiger partial charge in [0.15, 0.2) is 0 Å². The van der Waals surface area contributed by atoms with Crippen molar-refractivity contribution in [2.24, 2.45) is 5.92 Å². The van der Waals surface area contributed by atoms with Crippen LogP contribution >= 0.6 is 11.6 Å². The van der Waals surface area contributed by atoms with E-state index in [1.165, 1.54) is 18.2 Å². The second-order valence-corrected chi connectivity index (χ2v) is 7.96. The lowest BCUT2D eigenvalue weighted by Crippen LogP contribution is -2.40. The lowest BCUT2D eigenvalue weighted by Gasteiger charge is -2.33. The van der Waals surface area contributed by atoms with E-state index in [0.717, 1.165) is 30.6 Å². The van der Waals surface area contributed by atoms with Crippen LogP contribution in [0.2, 0.25) is 5.02 Å². The summed E-state index contributed by atoms with van der Waals surface area (Å²) in [7, 11) is 1.61. The molecule has 3 rings (SSSR count). The third kappa shape index (κ3) is 5.95. The fourth-order valence-electron chi connectivity index (χ4n) is 3.70. The molecule has 1 N–H and O–H groups in total. The molecule has 2 aromatic carbocycles. The van der Waals surface area contributed by atoms with Crippen molar-refractivity contribution in [1.82, 2.24) is 10.2 Å². The number of piperidine rings is 1. The van der Waals surface area contributed by atoms with Crippen LogP contribution in [0.15, 0.2) is 42.5 Å². The maximum Gasteiger partial charge on any atom is 0.253 e. The van der Waals surface area contributed by atoms with Crippen LogP contribution in [0, 0.1) is 11.7 Å². The molecule has 2 amide bonds. The Morgan fingerprint density at radius 2 is 2.10 bits per heavy atom. The number of hydrogen-bond donors (Lipinski definition) is 1. The minimum atomic E-state index is -0.537. The first-order valence-corrected chi connectivity index (χ1v) is 10.5. The summed E-state index contributed by atoms with van der Waals surface area (Å²) in [6.07, 6.45) is 3.00. The minimum Gasteiger partial charge on any atom is -0.497 e. The molecule has 1 aliphatic rings. The SMILES string of the molecule is COc1cccc(CNC(=O)CC[C@@H]2CCCN(C(=O)c3ccc(F)c(Cl)c3)C2)c1. The predicted molar refractivity (Wildman–Crippen MR) is 114 cm³/mol. The first-order chi connectivity index (χ1) is 14.5. The van der Waals surface area contributed by atoms with E-state index in [0.29, 0.717) is 31.6 Å². The molecule has 0 bridgehead atoms. The number of hydrogen-bond acceptors (Lipinski definition) is 3. The molecule has 1 saturated heterocycles. The summed E-state index contributed by atoms with van der Waals surface area (Å²) in [6.45, 7) is 1.71. The van der Waals surface area contributed by atoms with Gasteiger partial charge in [-0.1, -0.05) is 23.7 Å². The molecular formula is C23H26ClFN2O3. The van der Waals surface area contributed by atoms with Crippen LogP contribution in [0.5, 0.6) is 5.75 Å². The number of carbonyl (C=O) groups excluding carboxylic acids is 2. The average molecular weight is 433 g/mol. The zero-order valence-electron chi connectivity index (χ0n) is 17.0. The molecular weight excluding hydrogens is 407 g/mol. The smallest absolute Gasteiger partial charge is 0.253 e. The van der Waals surface area contributed by atoms with Crippen LogP contribution in [-0.4, -0.2) is 36.9 Å². The summed E-state index contributed by atoms with van der Waals surface area (Å²) in [5.41, 5.74) is 1.37. The highest BCUT2D eigenvalue weighted by atomic mass is 35.5. The van der Waals surface area contributed by atoms with Crippen LogP contribution in [-0.2, 0) is 11.3 Å². The maximum atomic E-state index is 13.4. The van der Waals surface area contributed by atoms with Crippen molar-refractivity contribution in [2.75, 3.05) is 20.2 Å². The fraction of sp³-hybridized carbons (Fsp3) is 0.391. The number of carbonyl (C=O) groups is 2. The number of benzene rings is 2. The second kappa shape index (κ2) is 10.4. The van der Waals surface area contributed by atoms with Crippen LogP contribution < -0.4 is 10.1 Å². The third-order valence-electron chi connectivity index (χ3n) is 5.38. The van der Waals surface area contributed by atoms with Crippen molar-refractivity contribution in [3.8, 4) is 5.75 Å². The van der Waals surface area contributed by atoms with Gasteiger partial charge in [0.05, 0.1) is 12.1 Å². The Hall–Kier alpha value is -2.60. The molecule has 0 saturated carbocycles. The van der Waals surface area contributed by atoms with E-state index < -0.39 is 5.82 Å². The van der Waals surface area contributed by atoms with E-state index in [-0.39, 0.29) is 22.8 Å². The number of rotatable bonds is 7. The van der Waals surface area contributed by atoms with E-state index in [4.69, 9.17) is 16.3 Å². The molecule has 1 fully saturated rings. The zero-order valence-corrected chi connectivity index (χ0v) is 17.8. The molecule has 0 aliphatic carbocycles. The van der Waals surface area contributed by atoms with Gasteiger partial charge in [0.25, 0.3) is 5.91 Å². The zero-order chi connectivity index (χ0) is 21.5. The van der Waals surface area contributed by atoms with Crippen molar-refractivity contribution in [3.63, 3.8) is 0 Å². The summed E-state index contributed by atoms with van der Waals surface area (Å²) >= 11 is 5.80. The Labute approximate surface area is 181 Å². The van der Waals surface area contributed by atoms with E-state index in [9.17, 15) is 14.0 Å². The summed E-state index contributed by atoms with van der Waals surface area (Å²) in [6, 6.07) is 11.6. The monoisotopic (exact) mass is 432 g/mol. The highest BCUT2D eigenvalue weighted by Crippen LogP contribution is 2.24. The summed E-state index contributed by atoms with van der Waals surface area (Å²) in [5.74, 6) is 0.331. The van der Waals surface area contributed by atoms with E-state index in [1.54, 1.807) is 12.0 Å². The lowest BCUT2D eigenvalue weighted by molar-refractivity contribution is -0.121. The van der Waals surface area contributed by atoms with E-state index >= 15 is 0 Å². The summed E-state index contributed by atoms with van der Waals surface area (Å²) < 4.78 is 18.5. The standard InChI is InChI=1S/C23H26ClFN2O3/c1-30-19-6-2-4-17(12-19)14-26-22(28)10-7-16-5-3-11-27(15-16)23(29)18-8-9-21(25)20(24)13-18/h2,4,6,8-9,12-13,16H,3,5,7,10-11,14-15H2,1H3,(H,26,28)/t16-/m0/s1. The first kappa shape index (κ1) is 22.1. The van der Waals surface area contributed by atoms with Gasteiger partial charge in [-0.25, -0.2) is 4.39 Å². The Balaban J connectivity index is 1.46. The molecule has 30 heavy (non-hydrogen) atoms. The highest BCUT2D eigenvalue weighted by molar-refractivity contribution is 6.31. The van der Waals surface area contributed by atoms with Gasteiger partial charge in [0.2, 0.25) is 5.91 Å². The average Bonchev–Trinajstić information content (AvgIpc) is 2.78. The fourth-order valence-corrected chi connectivity index (χ4v) is 3.88. The third-order valence-corrected chi connectivity index (χ3v) is 5.67. The van der Waals surface area contributed by atoms with Gasteiger partial charge >= 0.3 is 0 Å². The number of nitrogens with zero attached hydrogens (tertiary/aromatic N) is 1. The van der Waals surface area contributed by atoms with Gasteiger partial charge < -0.3 is 15.0 Å². The topological polar surface area (TPSA) is 58.6 Å². The van der Waals surface area contributed by atoms with Gasteiger partial charge in [-0.3, -0.25) is 9.59 Å². The quantitative estimate of drug-likeness (QED) is 0.703. The van der Waals surface area contributed by atoms with Crippen molar-refractivity contribution in [1.29, 1.82) is 0 Å². The van der Waals surface area contributed by atoms with Crippen LogP contribution in [0.3, 0.4) is 0 Å². The Bertz CT molecular complexity index is 906. The summed E-state index contributed by atoms with van der Waals surface area (Å²) in [5, 5.41) is 2.88. The molecule has 1 aliphatic heterocycles. The second-order valence-electron chi connectivity index (χ2n) is 7.56. The van der Waals surface area contributed by atoms with Crippen LogP contribution in [0.25, 0.3) is 0 Å². The van der Waals surface area contributed by atoms with Gasteiger partial charge in [-0.2, -0.15) is 0 Å². The number of likely N-dealkylation sites (tertiary alicyclic amines) is 1. The minimum absolute atomic E-state index is 0.00779. The van der Waals surface area contributed by atoms with Gasteiger partial charge in [-0.15, -0.1) is 0 Å². The molecule has 1 atom stereocenters. The molecule has 0 unspecified atom stereocenters. The maximum absolute atomic E-state index is 13.4.